The van der Waals surface area contributed by atoms with Crippen LogP contribution in [0.25, 0.3) is 11.4 Å². The zero-order chi connectivity index (χ0) is 11.0. The Morgan fingerprint density at radius 3 is 2.88 bits per heavy atom. The molecule has 0 radical (unpaired) electrons. The molecule has 2 aromatic rings. The first-order chi connectivity index (χ1) is 7.88. The van der Waals surface area contributed by atoms with E-state index in [9.17, 15) is 0 Å². The number of benzene rings is 1. The second-order valence-corrected chi connectivity index (χ2v) is 4.33. The average molecular weight is 213 g/mol. The topological polar surface area (TPSA) is 41.6 Å². The van der Waals surface area contributed by atoms with Crippen LogP contribution in [-0.2, 0) is 6.42 Å². The van der Waals surface area contributed by atoms with Crippen molar-refractivity contribution in [2.75, 3.05) is 0 Å². The summed E-state index contributed by atoms with van der Waals surface area (Å²) in [4.78, 5) is 4.58. The van der Waals surface area contributed by atoms with Gasteiger partial charge in [0.1, 0.15) is 5.82 Å². The minimum atomic E-state index is 0.634. The van der Waals surface area contributed by atoms with Gasteiger partial charge in [0, 0.05) is 11.5 Å². The Labute approximate surface area is 94.9 Å². The SMILES string of the molecule is CCc1ccccc1-c1n[nH]c(C2CC2)n1. The Balaban J connectivity index is 2.00. The Kier molecular flexibility index (Phi) is 2.24. The van der Waals surface area contributed by atoms with E-state index in [-0.39, 0.29) is 0 Å². The van der Waals surface area contributed by atoms with Gasteiger partial charge in [-0.05, 0) is 24.8 Å². The zero-order valence-corrected chi connectivity index (χ0v) is 9.40. The van der Waals surface area contributed by atoms with E-state index in [1.165, 1.54) is 18.4 Å². The van der Waals surface area contributed by atoms with Gasteiger partial charge in [0.15, 0.2) is 5.82 Å². The lowest BCUT2D eigenvalue weighted by molar-refractivity contribution is 0.935. The van der Waals surface area contributed by atoms with E-state index in [1.54, 1.807) is 0 Å². The quantitative estimate of drug-likeness (QED) is 0.851. The van der Waals surface area contributed by atoms with Gasteiger partial charge in [0.25, 0.3) is 0 Å². The van der Waals surface area contributed by atoms with Crippen LogP contribution in [0.3, 0.4) is 0 Å². The van der Waals surface area contributed by atoms with Gasteiger partial charge in [-0.3, -0.25) is 5.10 Å². The molecule has 0 amide bonds. The molecule has 1 aromatic heterocycles. The summed E-state index contributed by atoms with van der Waals surface area (Å²) in [5.41, 5.74) is 2.47. The molecule has 1 saturated carbocycles. The molecular formula is C13H15N3. The highest BCUT2D eigenvalue weighted by Gasteiger charge is 2.27. The van der Waals surface area contributed by atoms with E-state index in [1.807, 2.05) is 6.07 Å². The van der Waals surface area contributed by atoms with Gasteiger partial charge in [-0.1, -0.05) is 31.2 Å². The fourth-order valence-electron chi connectivity index (χ4n) is 1.98. The number of aromatic amines is 1. The van der Waals surface area contributed by atoms with E-state index >= 15 is 0 Å². The lowest BCUT2D eigenvalue weighted by Crippen LogP contribution is -1.89. The van der Waals surface area contributed by atoms with Gasteiger partial charge in [-0.2, -0.15) is 5.10 Å². The van der Waals surface area contributed by atoms with E-state index in [0.29, 0.717) is 5.92 Å². The van der Waals surface area contributed by atoms with Crippen LogP contribution in [0.2, 0.25) is 0 Å². The Bertz CT molecular complexity index is 497. The summed E-state index contributed by atoms with van der Waals surface area (Å²) < 4.78 is 0. The number of aromatic nitrogens is 3. The van der Waals surface area contributed by atoms with Crippen molar-refractivity contribution in [1.82, 2.24) is 15.2 Å². The molecule has 1 N–H and O–H groups in total. The lowest BCUT2D eigenvalue weighted by Gasteiger charge is -2.02. The molecule has 0 aliphatic heterocycles. The standard InChI is InChI=1S/C13H15N3/c1-2-9-5-3-4-6-11(9)13-14-12(15-16-13)10-7-8-10/h3-6,10H,2,7-8H2,1H3,(H,14,15,16). The highest BCUT2D eigenvalue weighted by atomic mass is 15.2. The Morgan fingerprint density at radius 1 is 1.31 bits per heavy atom. The van der Waals surface area contributed by atoms with Crippen molar-refractivity contribution in [3.05, 3.63) is 35.7 Å². The smallest absolute Gasteiger partial charge is 0.181 e. The molecule has 3 heteroatoms. The number of H-pyrrole nitrogens is 1. The molecule has 1 heterocycles. The monoisotopic (exact) mass is 213 g/mol. The van der Waals surface area contributed by atoms with Crippen LogP contribution >= 0.6 is 0 Å². The minimum Gasteiger partial charge on any atom is -0.262 e. The summed E-state index contributed by atoms with van der Waals surface area (Å²) in [7, 11) is 0. The van der Waals surface area contributed by atoms with Crippen LogP contribution < -0.4 is 0 Å². The van der Waals surface area contributed by atoms with E-state index in [4.69, 9.17) is 0 Å². The lowest BCUT2D eigenvalue weighted by atomic mass is 10.1. The van der Waals surface area contributed by atoms with Crippen molar-refractivity contribution in [3.63, 3.8) is 0 Å². The average Bonchev–Trinajstić information content (AvgIpc) is 3.07. The Hall–Kier alpha value is -1.64. The van der Waals surface area contributed by atoms with Crippen molar-refractivity contribution in [2.45, 2.75) is 32.1 Å². The van der Waals surface area contributed by atoms with Crippen LogP contribution in [0.4, 0.5) is 0 Å². The number of nitrogens with one attached hydrogen (secondary N) is 1. The van der Waals surface area contributed by atoms with Gasteiger partial charge < -0.3 is 0 Å². The summed E-state index contributed by atoms with van der Waals surface area (Å²) in [5, 5.41) is 7.38. The molecule has 1 aliphatic rings. The molecule has 0 unspecified atom stereocenters. The predicted octanol–water partition coefficient (Wildman–Crippen LogP) is 2.91. The second-order valence-electron chi connectivity index (χ2n) is 4.33. The van der Waals surface area contributed by atoms with Crippen molar-refractivity contribution in [2.24, 2.45) is 0 Å². The molecule has 3 rings (SSSR count). The number of hydrogen-bond donors (Lipinski definition) is 1. The van der Waals surface area contributed by atoms with Crippen LogP contribution in [0.5, 0.6) is 0 Å². The van der Waals surface area contributed by atoms with Crippen molar-refractivity contribution < 1.29 is 0 Å². The van der Waals surface area contributed by atoms with Gasteiger partial charge in [-0.25, -0.2) is 4.98 Å². The highest BCUT2D eigenvalue weighted by Crippen LogP contribution is 2.38. The fourth-order valence-corrected chi connectivity index (χ4v) is 1.98. The minimum absolute atomic E-state index is 0.634. The molecule has 0 spiro atoms. The van der Waals surface area contributed by atoms with Gasteiger partial charge >= 0.3 is 0 Å². The molecule has 3 nitrogen and oxygen atoms in total. The zero-order valence-electron chi connectivity index (χ0n) is 9.40. The first kappa shape index (κ1) is 9.58. The molecule has 1 aliphatic carbocycles. The maximum Gasteiger partial charge on any atom is 0.181 e. The second kappa shape index (κ2) is 3.74. The third-order valence-corrected chi connectivity index (χ3v) is 3.11. The fraction of sp³-hybridized carbons (Fsp3) is 0.385. The van der Waals surface area contributed by atoms with Crippen LogP contribution in [0, 0.1) is 0 Å². The molecule has 1 fully saturated rings. The molecule has 16 heavy (non-hydrogen) atoms. The van der Waals surface area contributed by atoms with Crippen molar-refractivity contribution in [1.29, 1.82) is 0 Å². The van der Waals surface area contributed by atoms with Crippen LogP contribution in [0.15, 0.2) is 24.3 Å². The summed E-state index contributed by atoms with van der Waals surface area (Å²) in [6.45, 7) is 2.16. The van der Waals surface area contributed by atoms with Gasteiger partial charge in [-0.15, -0.1) is 0 Å². The van der Waals surface area contributed by atoms with E-state index < -0.39 is 0 Å². The third kappa shape index (κ3) is 1.62. The number of nitrogens with zero attached hydrogens (tertiary/aromatic N) is 2. The van der Waals surface area contributed by atoms with E-state index in [2.05, 4.69) is 40.3 Å². The highest BCUT2D eigenvalue weighted by molar-refractivity contribution is 5.59. The van der Waals surface area contributed by atoms with Crippen LogP contribution in [0.1, 0.15) is 37.1 Å². The van der Waals surface area contributed by atoms with Gasteiger partial charge in [0.2, 0.25) is 0 Å². The van der Waals surface area contributed by atoms with Crippen LogP contribution in [-0.4, -0.2) is 15.2 Å². The molecule has 0 atom stereocenters. The third-order valence-electron chi connectivity index (χ3n) is 3.11. The summed E-state index contributed by atoms with van der Waals surface area (Å²) in [6, 6.07) is 8.35. The molecule has 82 valence electrons. The van der Waals surface area contributed by atoms with Crippen molar-refractivity contribution in [3.8, 4) is 11.4 Å². The molecule has 1 aromatic carbocycles. The maximum atomic E-state index is 4.58. The van der Waals surface area contributed by atoms with Gasteiger partial charge in [0.05, 0.1) is 0 Å². The normalized spacial score (nSPS) is 15.3. The molecule has 0 bridgehead atoms. The maximum absolute atomic E-state index is 4.58. The van der Waals surface area contributed by atoms with E-state index in [0.717, 1.165) is 23.6 Å². The summed E-state index contributed by atoms with van der Waals surface area (Å²) >= 11 is 0. The Morgan fingerprint density at radius 2 is 2.12 bits per heavy atom. The predicted molar refractivity (Wildman–Crippen MR) is 63.2 cm³/mol. The molecule has 0 saturated heterocycles. The number of aryl methyl sites for hydroxylation is 1. The number of hydrogen-bond acceptors (Lipinski definition) is 2. The summed E-state index contributed by atoms with van der Waals surface area (Å²) in [5.74, 6) is 2.54. The van der Waals surface area contributed by atoms with Crippen molar-refractivity contribution >= 4 is 0 Å². The summed E-state index contributed by atoms with van der Waals surface area (Å²) in [6.07, 6.45) is 3.53. The number of rotatable bonds is 3. The largest absolute Gasteiger partial charge is 0.262 e. The first-order valence-electron chi connectivity index (χ1n) is 5.89. The molecular weight excluding hydrogens is 198 g/mol. The first-order valence-corrected chi connectivity index (χ1v) is 5.89.